The fraction of sp³-hybridized carbons (Fsp3) is 0.900. The van der Waals surface area contributed by atoms with Gasteiger partial charge < -0.3 is 0 Å². The molecule has 2 aliphatic carbocycles. The molecule has 0 atom stereocenters. The fourth-order valence-electron chi connectivity index (χ4n) is 2.93. The van der Waals surface area contributed by atoms with E-state index in [1.54, 1.807) is 0 Å². The van der Waals surface area contributed by atoms with Gasteiger partial charge in [-0.25, -0.2) is 0 Å². The maximum absolute atomic E-state index is 2.56. The summed E-state index contributed by atoms with van der Waals surface area (Å²) < 4.78 is 0. The molecule has 0 unspecified atom stereocenters. The third-order valence-electron chi connectivity index (χ3n) is 4.09. The first-order valence-electron chi connectivity index (χ1n) is 4.87. The van der Waals surface area contributed by atoms with E-state index < -0.39 is 8.07 Å². The maximum Gasteiger partial charge on any atom is 0.0935 e. The molecule has 0 heterocycles. The average Bonchev–Trinajstić information content (AvgIpc) is 2.42. The Labute approximate surface area is 71.4 Å². The minimum absolute atomic E-state index is 0.850. The van der Waals surface area contributed by atoms with Crippen molar-refractivity contribution in [1.29, 1.82) is 0 Å². The van der Waals surface area contributed by atoms with Crippen molar-refractivity contribution >= 4 is 8.07 Å². The van der Waals surface area contributed by atoms with Crippen LogP contribution in [0.5, 0.6) is 0 Å². The normalized spacial score (nSPS) is 28.1. The summed E-state index contributed by atoms with van der Waals surface area (Å²) in [7, 11) is -0.854. The van der Waals surface area contributed by atoms with Gasteiger partial charge in [-0.2, -0.15) is 0 Å². The van der Waals surface area contributed by atoms with E-state index in [1.165, 1.54) is 32.1 Å². The second-order valence-electron chi connectivity index (χ2n) is 5.46. The quantitative estimate of drug-likeness (QED) is 0.413. The lowest BCUT2D eigenvalue weighted by Crippen LogP contribution is -2.36. The van der Waals surface area contributed by atoms with E-state index in [0.717, 1.165) is 5.04 Å². The van der Waals surface area contributed by atoms with Gasteiger partial charge in [0.1, 0.15) is 0 Å². The molecule has 0 saturated heterocycles. The minimum atomic E-state index is -0.854. The first kappa shape index (κ1) is 7.72. The summed E-state index contributed by atoms with van der Waals surface area (Å²) in [6.45, 7) is 7.67. The Balaban J connectivity index is 2.23. The van der Waals surface area contributed by atoms with E-state index >= 15 is 0 Å². The van der Waals surface area contributed by atoms with Crippen LogP contribution in [-0.2, 0) is 0 Å². The van der Waals surface area contributed by atoms with Crippen LogP contribution in [0.25, 0.3) is 0 Å². The summed E-state index contributed by atoms with van der Waals surface area (Å²) in [5, 5.41) is 0.850. The molecule has 0 spiro atoms. The third-order valence-corrected chi connectivity index (χ3v) is 7.95. The summed E-state index contributed by atoms with van der Waals surface area (Å²) in [5.74, 6) is 1.90. The standard InChI is InChI=1S/C10H19Si/c1-11(2,3)10-6-4-9(8-10)5-7-10/h4-8H2,1-3H3/q+1. The Bertz CT molecular complexity index is 158. The summed E-state index contributed by atoms with van der Waals surface area (Å²) >= 11 is 0. The van der Waals surface area contributed by atoms with Gasteiger partial charge in [0, 0.05) is 5.04 Å². The summed E-state index contributed by atoms with van der Waals surface area (Å²) in [6, 6.07) is 0. The van der Waals surface area contributed by atoms with Crippen LogP contribution in [0, 0.1) is 5.92 Å². The molecule has 0 radical (unpaired) electrons. The molecule has 1 heteroatoms. The number of rotatable bonds is 1. The van der Waals surface area contributed by atoms with E-state index in [1.807, 2.05) is 5.92 Å². The van der Waals surface area contributed by atoms with Crippen molar-refractivity contribution in [3.05, 3.63) is 5.92 Å². The van der Waals surface area contributed by atoms with Crippen LogP contribution in [0.3, 0.4) is 0 Å². The predicted octanol–water partition coefficient (Wildman–Crippen LogP) is 3.62. The van der Waals surface area contributed by atoms with Gasteiger partial charge in [0.15, 0.2) is 0 Å². The van der Waals surface area contributed by atoms with E-state index in [-0.39, 0.29) is 0 Å². The lowest BCUT2D eigenvalue weighted by atomic mass is 10.0. The molecular formula is C10H19Si+. The average molecular weight is 167 g/mol. The van der Waals surface area contributed by atoms with Crippen molar-refractivity contribution in [3.63, 3.8) is 0 Å². The molecule has 11 heavy (non-hydrogen) atoms. The summed E-state index contributed by atoms with van der Waals surface area (Å²) in [5.41, 5.74) is 0. The van der Waals surface area contributed by atoms with Crippen molar-refractivity contribution < 1.29 is 0 Å². The van der Waals surface area contributed by atoms with E-state index in [9.17, 15) is 0 Å². The second-order valence-corrected chi connectivity index (χ2v) is 11.0. The van der Waals surface area contributed by atoms with Crippen LogP contribution in [0.2, 0.25) is 24.7 Å². The monoisotopic (exact) mass is 167 g/mol. The smallest absolute Gasteiger partial charge is 0.0690 e. The lowest BCUT2D eigenvalue weighted by Gasteiger charge is -2.35. The molecule has 62 valence electrons. The highest BCUT2D eigenvalue weighted by Crippen LogP contribution is 2.65. The van der Waals surface area contributed by atoms with Gasteiger partial charge in [0.2, 0.25) is 0 Å². The molecule has 0 aromatic carbocycles. The van der Waals surface area contributed by atoms with Crippen LogP contribution in [0.1, 0.15) is 32.1 Å². The van der Waals surface area contributed by atoms with Gasteiger partial charge in [0.05, 0.1) is 33.3 Å². The molecule has 0 aromatic rings. The minimum Gasteiger partial charge on any atom is -0.0690 e. The Kier molecular flexibility index (Phi) is 1.45. The third kappa shape index (κ3) is 0.969. The highest BCUT2D eigenvalue weighted by Gasteiger charge is 2.58. The van der Waals surface area contributed by atoms with E-state index in [2.05, 4.69) is 19.6 Å². The topological polar surface area (TPSA) is 0 Å². The Hall–Kier alpha value is 0.0869. The summed E-state index contributed by atoms with van der Waals surface area (Å²) in [6.07, 6.45) is 7.55. The Morgan fingerprint density at radius 3 is 1.82 bits per heavy atom. The summed E-state index contributed by atoms with van der Waals surface area (Å²) in [4.78, 5) is 0. The van der Waals surface area contributed by atoms with Gasteiger partial charge in [-0.1, -0.05) is 19.6 Å². The molecule has 0 aliphatic heterocycles. The van der Waals surface area contributed by atoms with Crippen molar-refractivity contribution in [2.75, 3.05) is 0 Å². The van der Waals surface area contributed by atoms with Gasteiger partial charge in [-0.15, -0.1) is 0 Å². The predicted molar refractivity (Wildman–Crippen MR) is 52.4 cm³/mol. The van der Waals surface area contributed by atoms with Crippen LogP contribution in [-0.4, -0.2) is 8.07 Å². The van der Waals surface area contributed by atoms with Gasteiger partial charge >= 0.3 is 0 Å². The van der Waals surface area contributed by atoms with Crippen molar-refractivity contribution in [2.45, 2.75) is 56.8 Å². The van der Waals surface area contributed by atoms with Crippen LogP contribution >= 0.6 is 0 Å². The lowest BCUT2D eigenvalue weighted by molar-refractivity contribution is 0.528. The van der Waals surface area contributed by atoms with Gasteiger partial charge in [-0.3, -0.25) is 0 Å². The van der Waals surface area contributed by atoms with E-state index in [4.69, 9.17) is 0 Å². The molecule has 2 bridgehead atoms. The molecule has 0 amide bonds. The molecule has 0 aromatic heterocycles. The van der Waals surface area contributed by atoms with Crippen molar-refractivity contribution in [1.82, 2.24) is 0 Å². The van der Waals surface area contributed by atoms with Gasteiger partial charge in [0.25, 0.3) is 0 Å². The number of hydrogen-bond acceptors (Lipinski definition) is 0. The second kappa shape index (κ2) is 2.06. The fourth-order valence-corrected chi connectivity index (χ4v) is 5.46. The SMILES string of the molecule is C[Si](C)(C)C12CC[C+](CC1)C2. The first-order valence-corrected chi connectivity index (χ1v) is 8.37. The maximum atomic E-state index is 2.56. The molecule has 0 N–H and O–H groups in total. The Morgan fingerprint density at radius 1 is 1.09 bits per heavy atom. The first-order chi connectivity index (χ1) is 5.04. The molecular weight excluding hydrogens is 148 g/mol. The van der Waals surface area contributed by atoms with Crippen LogP contribution in [0.15, 0.2) is 0 Å². The highest BCUT2D eigenvalue weighted by atomic mass is 28.3. The molecule has 2 aliphatic rings. The van der Waals surface area contributed by atoms with Crippen LogP contribution < -0.4 is 0 Å². The largest absolute Gasteiger partial charge is 0.0935 e. The zero-order chi connectivity index (χ0) is 8.11. The number of fused-ring (bicyclic) bond motifs is 2. The Morgan fingerprint density at radius 2 is 1.64 bits per heavy atom. The van der Waals surface area contributed by atoms with Crippen molar-refractivity contribution in [2.24, 2.45) is 0 Å². The number of hydrogen-bond donors (Lipinski definition) is 0. The van der Waals surface area contributed by atoms with Crippen molar-refractivity contribution in [3.8, 4) is 0 Å². The highest BCUT2D eigenvalue weighted by molar-refractivity contribution is 6.79. The molecule has 0 nitrogen and oxygen atoms in total. The molecule has 2 fully saturated rings. The zero-order valence-electron chi connectivity index (χ0n) is 8.04. The van der Waals surface area contributed by atoms with Crippen LogP contribution in [0.4, 0.5) is 0 Å². The molecule has 2 saturated carbocycles. The van der Waals surface area contributed by atoms with Gasteiger partial charge in [-0.05, 0) is 12.8 Å². The molecule has 2 rings (SSSR count). The van der Waals surface area contributed by atoms with E-state index in [0.29, 0.717) is 0 Å². The zero-order valence-corrected chi connectivity index (χ0v) is 9.04.